The number of benzene rings is 2. The van der Waals surface area contributed by atoms with Crippen LogP contribution in [0.15, 0.2) is 48.2 Å². The smallest absolute Gasteiger partial charge is 0.301 e. The molecule has 0 saturated heterocycles. The van der Waals surface area contributed by atoms with Gasteiger partial charge in [0.15, 0.2) is 5.76 Å². The van der Waals surface area contributed by atoms with E-state index in [1.165, 1.54) is 0 Å². The molecule has 2 amide bonds. The highest BCUT2D eigenvalue weighted by Gasteiger charge is 2.41. The van der Waals surface area contributed by atoms with Crippen molar-refractivity contribution in [3.63, 3.8) is 0 Å². The molecule has 0 radical (unpaired) electrons. The Bertz CT molecular complexity index is 914. The van der Waals surface area contributed by atoms with E-state index in [2.05, 4.69) is 0 Å². The summed E-state index contributed by atoms with van der Waals surface area (Å²) in [6.45, 7) is 6.32. The van der Waals surface area contributed by atoms with Crippen LogP contribution >= 0.6 is 0 Å². The second-order valence-corrected chi connectivity index (χ2v) is 6.28. The minimum atomic E-state index is -0.740. The van der Waals surface area contributed by atoms with Crippen molar-refractivity contribution in [1.29, 1.82) is 0 Å². The van der Waals surface area contributed by atoms with Crippen LogP contribution in [0.5, 0.6) is 5.75 Å². The predicted molar refractivity (Wildman–Crippen MR) is 100 cm³/mol. The largest absolute Gasteiger partial charge is 0.502 e. The van der Waals surface area contributed by atoms with Crippen LogP contribution in [0.4, 0.5) is 5.69 Å². The van der Waals surface area contributed by atoms with E-state index in [0.29, 0.717) is 23.6 Å². The monoisotopic (exact) mass is 351 g/mol. The molecule has 1 N–H and O–H groups in total. The molecule has 0 aromatic heterocycles. The van der Waals surface area contributed by atoms with Crippen LogP contribution < -0.4 is 9.64 Å². The molecule has 26 heavy (non-hydrogen) atoms. The van der Waals surface area contributed by atoms with Gasteiger partial charge in [0.25, 0.3) is 5.91 Å². The molecule has 2 aromatic rings. The quantitative estimate of drug-likeness (QED) is 0.829. The number of aliphatic hydroxyl groups excluding tert-OH is 1. The molecule has 134 valence electrons. The molecule has 5 heteroatoms. The van der Waals surface area contributed by atoms with E-state index in [1.54, 1.807) is 36.4 Å². The van der Waals surface area contributed by atoms with E-state index >= 15 is 0 Å². The number of anilines is 1. The molecule has 2 aromatic carbocycles. The third-order valence-electron chi connectivity index (χ3n) is 4.42. The third-order valence-corrected chi connectivity index (χ3v) is 4.42. The van der Waals surface area contributed by atoms with Crippen molar-refractivity contribution in [2.45, 2.75) is 27.2 Å². The van der Waals surface area contributed by atoms with Crippen molar-refractivity contribution in [1.82, 2.24) is 0 Å². The lowest BCUT2D eigenvalue weighted by Gasteiger charge is -2.18. The summed E-state index contributed by atoms with van der Waals surface area (Å²) < 4.78 is 5.66. The van der Waals surface area contributed by atoms with Gasteiger partial charge in [0, 0.05) is 0 Å². The van der Waals surface area contributed by atoms with Gasteiger partial charge in [-0.25, -0.2) is 4.90 Å². The topological polar surface area (TPSA) is 66.8 Å². The lowest BCUT2D eigenvalue weighted by atomic mass is 10.00. The number of amides is 2. The summed E-state index contributed by atoms with van der Waals surface area (Å²) in [5.74, 6) is -1.40. The maximum Gasteiger partial charge on any atom is 0.301 e. The van der Waals surface area contributed by atoms with Gasteiger partial charge in [0.2, 0.25) is 0 Å². The Morgan fingerprint density at radius 3 is 2.42 bits per heavy atom. The molecule has 0 bridgehead atoms. The zero-order valence-electron chi connectivity index (χ0n) is 15.1. The highest BCUT2D eigenvalue weighted by Crippen LogP contribution is 2.37. The highest BCUT2D eigenvalue weighted by atomic mass is 16.5. The van der Waals surface area contributed by atoms with Crippen LogP contribution in [0.3, 0.4) is 0 Å². The van der Waals surface area contributed by atoms with E-state index < -0.39 is 17.6 Å². The zero-order valence-corrected chi connectivity index (χ0v) is 15.1. The average Bonchev–Trinajstić information content (AvgIpc) is 2.85. The van der Waals surface area contributed by atoms with Crippen molar-refractivity contribution >= 4 is 23.1 Å². The fraction of sp³-hybridized carbons (Fsp3) is 0.238. The Balaban J connectivity index is 2.03. The van der Waals surface area contributed by atoms with Gasteiger partial charge in [-0.1, -0.05) is 37.3 Å². The number of nitrogens with zero attached hydrogens (tertiary/aromatic N) is 1. The van der Waals surface area contributed by atoms with Gasteiger partial charge >= 0.3 is 5.91 Å². The van der Waals surface area contributed by atoms with Gasteiger partial charge < -0.3 is 9.84 Å². The van der Waals surface area contributed by atoms with Crippen molar-refractivity contribution in [2.24, 2.45) is 0 Å². The summed E-state index contributed by atoms with van der Waals surface area (Å²) in [4.78, 5) is 26.6. The lowest BCUT2D eigenvalue weighted by molar-refractivity contribution is -0.121. The lowest BCUT2D eigenvalue weighted by Crippen LogP contribution is -2.32. The molecule has 3 rings (SSSR count). The van der Waals surface area contributed by atoms with Crippen molar-refractivity contribution in [3.8, 4) is 5.75 Å². The van der Waals surface area contributed by atoms with Crippen LogP contribution in [0.2, 0.25) is 0 Å². The summed E-state index contributed by atoms with van der Waals surface area (Å²) in [6.07, 6.45) is 0.799. The van der Waals surface area contributed by atoms with Crippen molar-refractivity contribution < 1.29 is 19.4 Å². The summed E-state index contributed by atoms with van der Waals surface area (Å²) in [7, 11) is 0. The fourth-order valence-corrected chi connectivity index (χ4v) is 2.87. The number of imide groups is 1. The summed E-state index contributed by atoms with van der Waals surface area (Å²) in [6, 6.07) is 12.2. The normalized spacial score (nSPS) is 14.3. The van der Waals surface area contributed by atoms with E-state index in [4.69, 9.17) is 4.74 Å². The highest BCUT2D eigenvalue weighted by molar-refractivity contribution is 6.45. The first kappa shape index (κ1) is 17.7. The maximum absolute atomic E-state index is 13.0. The van der Waals surface area contributed by atoms with Crippen LogP contribution in [0, 0.1) is 13.8 Å². The second kappa shape index (κ2) is 7.04. The number of hydrogen-bond donors (Lipinski definition) is 1. The van der Waals surface area contributed by atoms with Gasteiger partial charge in [0.05, 0.1) is 17.9 Å². The molecule has 1 aliphatic rings. The molecule has 1 heterocycles. The zero-order chi connectivity index (χ0) is 18.8. The molecular weight excluding hydrogens is 330 g/mol. The van der Waals surface area contributed by atoms with Crippen LogP contribution in [-0.4, -0.2) is 23.5 Å². The number of aryl methyl sites for hydroxylation is 2. The fourth-order valence-electron chi connectivity index (χ4n) is 2.87. The molecule has 0 fully saturated rings. The summed E-state index contributed by atoms with van der Waals surface area (Å²) >= 11 is 0. The average molecular weight is 351 g/mol. The maximum atomic E-state index is 13.0. The van der Waals surface area contributed by atoms with Crippen LogP contribution in [0.25, 0.3) is 5.57 Å². The second-order valence-electron chi connectivity index (χ2n) is 6.28. The predicted octanol–water partition coefficient (Wildman–Crippen LogP) is 3.93. The van der Waals surface area contributed by atoms with Crippen LogP contribution in [-0.2, 0) is 9.59 Å². The first-order chi connectivity index (χ1) is 12.5. The van der Waals surface area contributed by atoms with Crippen molar-refractivity contribution in [2.75, 3.05) is 11.5 Å². The van der Waals surface area contributed by atoms with E-state index in [1.807, 2.05) is 26.8 Å². The molecule has 1 aliphatic heterocycles. The molecule has 0 spiro atoms. The Morgan fingerprint density at radius 2 is 1.73 bits per heavy atom. The van der Waals surface area contributed by atoms with Gasteiger partial charge in [0.1, 0.15) is 5.75 Å². The number of para-hydroxylation sites is 2. The number of aliphatic hydroxyl groups is 1. The summed E-state index contributed by atoms with van der Waals surface area (Å²) in [5.41, 5.74) is 2.93. The molecule has 0 aliphatic carbocycles. The summed E-state index contributed by atoms with van der Waals surface area (Å²) in [5, 5.41) is 10.4. The van der Waals surface area contributed by atoms with E-state index in [9.17, 15) is 14.7 Å². The van der Waals surface area contributed by atoms with Gasteiger partial charge in [-0.3, -0.25) is 9.59 Å². The van der Waals surface area contributed by atoms with E-state index in [-0.39, 0.29) is 5.57 Å². The molecule has 5 nitrogen and oxygen atoms in total. The van der Waals surface area contributed by atoms with Gasteiger partial charge in [-0.2, -0.15) is 0 Å². The Morgan fingerprint density at radius 1 is 1.00 bits per heavy atom. The molecule has 0 atom stereocenters. The standard InChI is InChI=1S/C21H21NO4/c1-4-11-26-17-8-6-5-7-16(17)22-20(24)18(19(23)21(22)25)15-10-9-13(2)14(3)12-15/h5-10,12,23H,4,11H2,1-3H3. The Labute approximate surface area is 152 Å². The minimum absolute atomic E-state index is 0.0170. The first-order valence-electron chi connectivity index (χ1n) is 8.57. The van der Waals surface area contributed by atoms with Gasteiger partial charge in [-0.05, 0) is 49.1 Å². The number of hydrogen-bond acceptors (Lipinski definition) is 4. The van der Waals surface area contributed by atoms with E-state index in [0.717, 1.165) is 22.4 Å². The molecule has 0 saturated carbocycles. The number of ether oxygens (including phenoxy) is 1. The molecule has 0 unspecified atom stereocenters. The Hall–Kier alpha value is -3.08. The van der Waals surface area contributed by atoms with Crippen LogP contribution in [0.1, 0.15) is 30.0 Å². The number of carbonyl (C=O) groups excluding carboxylic acids is 2. The number of rotatable bonds is 5. The Kier molecular flexibility index (Phi) is 4.80. The first-order valence-corrected chi connectivity index (χ1v) is 8.57. The third kappa shape index (κ3) is 2.96. The molecular formula is C21H21NO4. The SMILES string of the molecule is CCCOc1ccccc1N1C(=O)C(O)=C(c2ccc(C)c(C)c2)C1=O. The number of carbonyl (C=O) groups is 2. The minimum Gasteiger partial charge on any atom is -0.502 e. The van der Waals surface area contributed by atoms with Crippen molar-refractivity contribution in [3.05, 3.63) is 64.9 Å². The van der Waals surface area contributed by atoms with Gasteiger partial charge in [-0.15, -0.1) is 0 Å².